The van der Waals surface area contributed by atoms with Gasteiger partial charge in [0, 0.05) is 13.0 Å². The Kier molecular flexibility index (Phi) is 7.84. The summed E-state index contributed by atoms with van der Waals surface area (Å²) in [6, 6.07) is 15.1. The second-order valence-corrected chi connectivity index (χ2v) is 8.53. The summed E-state index contributed by atoms with van der Waals surface area (Å²) in [5, 5.41) is 14.2. The van der Waals surface area contributed by atoms with Crippen LogP contribution in [0.2, 0.25) is 0 Å². The van der Waals surface area contributed by atoms with Crippen molar-refractivity contribution in [3.8, 4) is 0 Å². The Morgan fingerprint density at radius 2 is 1.78 bits per heavy atom. The minimum Gasteiger partial charge on any atom is -0.465 e. The van der Waals surface area contributed by atoms with E-state index in [0.29, 0.717) is 17.8 Å². The van der Waals surface area contributed by atoms with Crippen LogP contribution in [-0.2, 0) is 24.2 Å². The van der Waals surface area contributed by atoms with Gasteiger partial charge in [-0.25, -0.2) is 9.78 Å². The molecule has 0 atom stereocenters. The number of amides is 1. The number of tetrazole rings is 1. The number of benzene rings is 2. The number of esters is 1. The quantitative estimate of drug-likeness (QED) is 0.339. The van der Waals surface area contributed by atoms with Crippen LogP contribution in [0.15, 0.2) is 54.7 Å². The summed E-state index contributed by atoms with van der Waals surface area (Å²) < 4.78 is 6.71. The van der Waals surface area contributed by atoms with E-state index in [4.69, 9.17) is 4.74 Å². The molecule has 0 unspecified atom stereocenters. The van der Waals surface area contributed by atoms with E-state index < -0.39 is 5.97 Å². The summed E-state index contributed by atoms with van der Waals surface area (Å²) >= 11 is 0. The van der Waals surface area contributed by atoms with Gasteiger partial charge in [0.15, 0.2) is 0 Å². The fourth-order valence-electron chi connectivity index (χ4n) is 3.86. The summed E-state index contributed by atoms with van der Waals surface area (Å²) in [7, 11) is 1.35. The van der Waals surface area contributed by atoms with E-state index in [2.05, 4.69) is 32.5 Å². The van der Waals surface area contributed by atoms with E-state index in [1.165, 1.54) is 12.0 Å². The van der Waals surface area contributed by atoms with Crippen LogP contribution in [0.5, 0.6) is 0 Å². The van der Waals surface area contributed by atoms with Crippen LogP contribution in [0.25, 0.3) is 0 Å². The molecule has 0 saturated carbocycles. The van der Waals surface area contributed by atoms with Crippen LogP contribution in [0.3, 0.4) is 0 Å². The molecule has 10 nitrogen and oxygen atoms in total. The minimum atomic E-state index is -0.393. The molecule has 2 heterocycles. The number of nitrogens with one attached hydrogen (secondary N) is 1. The average Bonchev–Trinajstić information content (AvgIpc) is 3.57. The molecule has 0 spiro atoms. The topological polar surface area (TPSA) is 119 Å². The largest absolute Gasteiger partial charge is 0.465 e. The number of aryl methyl sites for hydroxylation is 2. The number of carbonyl (C=O) groups is 2. The molecular formula is C26H29N7O3. The van der Waals surface area contributed by atoms with E-state index in [1.807, 2.05) is 47.9 Å². The van der Waals surface area contributed by atoms with Crippen molar-refractivity contribution in [2.45, 2.75) is 46.2 Å². The van der Waals surface area contributed by atoms with Crippen molar-refractivity contribution in [1.82, 2.24) is 30.2 Å². The standard InChI is InChI=1S/C26H29N7O3/c1-4-5-6-23-27-15-22(32(23)16-20-11-13-21(14-12-20)25(35)36-3)24(34)33(26-28-30-31-29-26)17-19-9-7-18(2)8-10-19/h7-15H,4-6,16-17H2,1-3H3,(H,28,29,30,31). The van der Waals surface area contributed by atoms with E-state index in [-0.39, 0.29) is 18.4 Å². The van der Waals surface area contributed by atoms with Gasteiger partial charge in [-0.1, -0.05) is 60.4 Å². The molecule has 10 heteroatoms. The number of H-pyrrole nitrogens is 1. The maximum atomic E-state index is 13.9. The predicted octanol–water partition coefficient (Wildman–Crippen LogP) is 3.73. The van der Waals surface area contributed by atoms with Crippen molar-refractivity contribution >= 4 is 17.8 Å². The van der Waals surface area contributed by atoms with Crippen LogP contribution in [0.1, 0.15) is 63.1 Å². The molecule has 0 aliphatic heterocycles. The van der Waals surface area contributed by atoms with Crippen molar-refractivity contribution in [3.05, 3.63) is 88.5 Å². The third kappa shape index (κ3) is 5.65. The van der Waals surface area contributed by atoms with Gasteiger partial charge in [0.1, 0.15) is 11.5 Å². The van der Waals surface area contributed by atoms with Gasteiger partial charge < -0.3 is 9.30 Å². The Bertz CT molecular complexity index is 1300. The van der Waals surface area contributed by atoms with Crippen molar-refractivity contribution in [2.24, 2.45) is 0 Å². The molecule has 4 rings (SSSR count). The molecule has 0 aliphatic rings. The normalized spacial score (nSPS) is 10.9. The molecule has 0 radical (unpaired) electrons. The van der Waals surface area contributed by atoms with Crippen molar-refractivity contribution in [2.75, 3.05) is 12.0 Å². The zero-order chi connectivity index (χ0) is 25.5. The lowest BCUT2D eigenvalue weighted by atomic mass is 10.1. The molecule has 186 valence electrons. The molecular weight excluding hydrogens is 458 g/mol. The molecule has 0 aliphatic carbocycles. The van der Waals surface area contributed by atoms with Crippen LogP contribution in [0.4, 0.5) is 5.95 Å². The van der Waals surface area contributed by atoms with Gasteiger partial charge in [-0.3, -0.25) is 9.69 Å². The summed E-state index contributed by atoms with van der Waals surface area (Å²) in [6.45, 7) is 4.83. The number of anilines is 1. The van der Waals surface area contributed by atoms with Gasteiger partial charge in [-0.05, 0) is 41.8 Å². The number of nitrogens with zero attached hydrogens (tertiary/aromatic N) is 6. The Morgan fingerprint density at radius 3 is 2.42 bits per heavy atom. The van der Waals surface area contributed by atoms with Crippen LogP contribution >= 0.6 is 0 Å². The summed E-state index contributed by atoms with van der Waals surface area (Å²) in [4.78, 5) is 31.8. The minimum absolute atomic E-state index is 0.186. The summed E-state index contributed by atoms with van der Waals surface area (Å²) in [5.74, 6) is 0.334. The number of hydrogen-bond acceptors (Lipinski definition) is 7. The molecule has 0 bridgehead atoms. The van der Waals surface area contributed by atoms with E-state index in [0.717, 1.165) is 41.8 Å². The van der Waals surface area contributed by atoms with Gasteiger partial charge in [0.05, 0.1) is 25.4 Å². The van der Waals surface area contributed by atoms with Crippen LogP contribution < -0.4 is 4.90 Å². The summed E-state index contributed by atoms with van der Waals surface area (Å²) in [6.07, 6.45) is 4.30. The molecule has 1 N–H and O–H groups in total. The predicted molar refractivity (Wildman–Crippen MR) is 134 cm³/mol. The fourth-order valence-corrected chi connectivity index (χ4v) is 3.86. The zero-order valence-electron chi connectivity index (χ0n) is 20.6. The fraction of sp³-hybridized carbons (Fsp3) is 0.308. The van der Waals surface area contributed by atoms with Gasteiger partial charge in [-0.15, -0.1) is 5.10 Å². The van der Waals surface area contributed by atoms with Crippen molar-refractivity contribution < 1.29 is 14.3 Å². The first kappa shape index (κ1) is 24.8. The first-order chi connectivity index (χ1) is 17.5. The highest BCUT2D eigenvalue weighted by Gasteiger charge is 2.26. The zero-order valence-corrected chi connectivity index (χ0v) is 20.6. The molecule has 2 aromatic heterocycles. The van der Waals surface area contributed by atoms with E-state index in [1.54, 1.807) is 18.3 Å². The number of hydrogen-bond donors (Lipinski definition) is 1. The van der Waals surface area contributed by atoms with Gasteiger partial charge in [0.2, 0.25) is 0 Å². The Balaban J connectivity index is 1.67. The third-order valence-corrected chi connectivity index (χ3v) is 5.91. The first-order valence-electron chi connectivity index (χ1n) is 11.8. The van der Waals surface area contributed by atoms with Gasteiger partial charge in [-0.2, -0.15) is 5.21 Å². The number of unbranched alkanes of at least 4 members (excludes halogenated alkanes) is 1. The number of carbonyl (C=O) groups excluding carboxylic acids is 2. The Hall–Kier alpha value is -4.34. The molecule has 1 amide bonds. The smallest absolute Gasteiger partial charge is 0.337 e. The van der Waals surface area contributed by atoms with E-state index >= 15 is 0 Å². The number of aromatic nitrogens is 6. The lowest BCUT2D eigenvalue weighted by Crippen LogP contribution is -2.33. The number of ether oxygens (including phenoxy) is 1. The van der Waals surface area contributed by atoms with Crippen molar-refractivity contribution in [3.63, 3.8) is 0 Å². The highest BCUT2D eigenvalue weighted by Crippen LogP contribution is 2.20. The van der Waals surface area contributed by atoms with Crippen LogP contribution in [-0.4, -0.2) is 49.2 Å². The second-order valence-electron chi connectivity index (χ2n) is 8.53. The number of methoxy groups -OCH3 is 1. The molecule has 36 heavy (non-hydrogen) atoms. The number of rotatable bonds is 10. The highest BCUT2D eigenvalue weighted by molar-refractivity contribution is 6.03. The van der Waals surface area contributed by atoms with Crippen LogP contribution in [0, 0.1) is 6.92 Å². The molecule has 4 aromatic rings. The SMILES string of the molecule is CCCCc1ncc(C(=O)N(Cc2ccc(C)cc2)c2nn[nH]n2)n1Cc1ccc(C(=O)OC)cc1. The maximum absolute atomic E-state index is 13.9. The third-order valence-electron chi connectivity index (χ3n) is 5.91. The Labute approximate surface area is 209 Å². The maximum Gasteiger partial charge on any atom is 0.337 e. The second kappa shape index (κ2) is 11.4. The monoisotopic (exact) mass is 487 g/mol. The molecule has 0 saturated heterocycles. The lowest BCUT2D eigenvalue weighted by molar-refractivity contribution is 0.0600. The number of imidazole rings is 1. The first-order valence-corrected chi connectivity index (χ1v) is 11.8. The molecule has 0 fully saturated rings. The average molecular weight is 488 g/mol. The molecule has 2 aromatic carbocycles. The van der Waals surface area contributed by atoms with Gasteiger partial charge >= 0.3 is 5.97 Å². The highest BCUT2D eigenvalue weighted by atomic mass is 16.5. The Morgan fingerprint density at radius 1 is 1.06 bits per heavy atom. The summed E-state index contributed by atoms with van der Waals surface area (Å²) in [5.41, 5.74) is 3.89. The number of aromatic amines is 1. The van der Waals surface area contributed by atoms with E-state index in [9.17, 15) is 9.59 Å². The van der Waals surface area contributed by atoms with Gasteiger partial charge in [0.25, 0.3) is 11.9 Å². The lowest BCUT2D eigenvalue weighted by Gasteiger charge is -2.20. The van der Waals surface area contributed by atoms with Crippen molar-refractivity contribution in [1.29, 1.82) is 0 Å².